The first-order valence-electron chi connectivity index (χ1n) is 8.95. The van der Waals surface area contributed by atoms with Gasteiger partial charge < -0.3 is 9.84 Å². The molecule has 4 aromatic rings. The lowest BCUT2D eigenvalue weighted by atomic mass is 10.2. The molecule has 9 heteroatoms. The number of nitrogens with zero attached hydrogens (tertiary/aromatic N) is 4. The highest BCUT2D eigenvalue weighted by Gasteiger charge is 2.12. The maximum atomic E-state index is 13.0. The van der Waals surface area contributed by atoms with Crippen LogP contribution in [0, 0.1) is 5.82 Å². The van der Waals surface area contributed by atoms with Gasteiger partial charge in [0.05, 0.1) is 0 Å². The molecule has 1 N–H and O–H groups in total. The fraction of sp³-hybridized carbons (Fsp3) is 0.150. The van der Waals surface area contributed by atoms with E-state index in [2.05, 4.69) is 24.8 Å². The minimum Gasteiger partial charge on any atom is -0.339 e. The Bertz CT molecular complexity index is 1100. The Labute approximate surface area is 169 Å². The van der Waals surface area contributed by atoms with Crippen LogP contribution in [0.5, 0.6) is 0 Å². The maximum absolute atomic E-state index is 13.0. The highest BCUT2D eigenvalue weighted by molar-refractivity contribution is 7.10. The summed E-state index contributed by atoms with van der Waals surface area (Å²) in [6, 6.07) is 15.4. The first-order valence-corrected chi connectivity index (χ1v) is 9.72. The first kappa shape index (κ1) is 18.9. The van der Waals surface area contributed by atoms with E-state index in [1.807, 2.05) is 30.3 Å². The molecule has 0 aliphatic carbocycles. The number of aromatic nitrogens is 4. The summed E-state index contributed by atoms with van der Waals surface area (Å²) in [7, 11) is 0. The summed E-state index contributed by atoms with van der Waals surface area (Å²) in [5, 5.41) is 7.11. The van der Waals surface area contributed by atoms with Gasteiger partial charge in [0.1, 0.15) is 5.82 Å². The van der Waals surface area contributed by atoms with E-state index in [0.29, 0.717) is 41.1 Å². The quantitative estimate of drug-likeness (QED) is 0.488. The van der Waals surface area contributed by atoms with Crippen LogP contribution in [-0.2, 0) is 11.2 Å². The molecule has 4 rings (SSSR count). The number of rotatable bonds is 7. The lowest BCUT2D eigenvalue weighted by Crippen LogP contribution is -2.11. The molecule has 0 saturated heterocycles. The molecule has 0 unspecified atom stereocenters. The van der Waals surface area contributed by atoms with Crippen molar-refractivity contribution in [2.75, 3.05) is 5.32 Å². The zero-order chi connectivity index (χ0) is 20.1. The van der Waals surface area contributed by atoms with Crippen LogP contribution >= 0.6 is 11.5 Å². The molecule has 146 valence electrons. The Morgan fingerprint density at radius 2 is 1.76 bits per heavy atom. The molecule has 7 nitrogen and oxygen atoms in total. The summed E-state index contributed by atoms with van der Waals surface area (Å²) >= 11 is 1.14. The van der Waals surface area contributed by atoms with E-state index >= 15 is 0 Å². The van der Waals surface area contributed by atoms with Gasteiger partial charge in [-0.1, -0.05) is 35.5 Å². The third-order valence-electron chi connectivity index (χ3n) is 4.07. The van der Waals surface area contributed by atoms with Gasteiger partial charge >= 0.3 is 0 Å². The number of benzene rings is 2. The van der Waals surface area contributed by atoms with Crippen molar-refractivity contribution >= 4 is 22.6 Å². The highest BCUT2D eigenvalue weighted by atomic mass is 32.1. The summed E-state index contributed by atoms with van der Waals surface area (Å²) < 4.78 is 22.4. The van der Waals surface area contributed by atoms with Crippen LogP contribution in [0.4, 0.5) is 9.52 Å². The Hall–Kier alpha value is -3.46. The average molecular weight is 409 g/mol. The number of nitrogens with one attached hydrogen (secondary N) is 1. The van der Waals surface area contributed by atoms with Gasteiger partial charge in [-0.3, -0.25) is 4.79 Å². The van der Waals surface area contributed by atoms with E-state index in [-0.39, 0.29) is 18.1 Å². The van der Waals surface area contributed by atoms with Crippen LogP contribution in [0.25, 0.3) is 22.8 Å². The predicted molar refractivity (Wildman–Crippen MR) is 107 cm³/mol. The van der Waals surface area contributed by atoms with Crippen LogP contribution in [0.2, 0.25) is 0 Å². The second kappa shape index (κ2) is 8.70. The minimum atomic E-state index is -0.324. The summed E-state index contributed by atoms with van der Waals surface area (Å²) in [6.45, 7) is 0. The van der Waals surface area contributed by atoms with Crippen molar-refractivity contribution < 1.29 is 13.7 Å². The molecule has 0 saturated carbocycles. The number of carbonyl (C=O) groups is 1. The molecule has 0 aliphatic rings. The van der Waals surface area contributed by atoms with E-state index in [1.165, 1.54) is 12.1 Å². The molecule has 2 aromatic carbocycles. The summed E-state index contributed by atoms with van der Waals surface area (Å²) in [5.41, 5.74) is 1.57. The Kier molecular flexibility index (Phi) is 5.66. The molecule has 0 bridgehead atoms. The lowest BCUT2D eigenvalue weighted by Gasteiger charge is -1.99. The Morgan fingerprint density at radius 3 is 2.55 bits per heavy atom. The normalized spacial score (nSPS) is 10.8. The molecule has 0 atom stereocenters. The van der Waals surface area contributed by atoms with Crippen molar-refractivity contribution in [3.63, 3.8) is 0 Å². The molecule has 0 aliphatic heterocycles. The number of hydrogen-bond acceptors (Lipinski definition) is 7. The fourth-order valence-corrected chi connectivity index (χ4v) is 3.24. The van der Waals surface area contributed by atoms with Crippen LogP contribution in [0.1, 0.15) is 18.7 Å². The molecule has 2 aromatic heterocycles. The topological polar surface area (TPSA) is 93.8 Å². The Balaban J connectivity index is 1.26. The van der Waals surface area contributed by atoms with Crippen molar-refractivity contribution in [3.8, 4) is 22.8 Å². The number of hydrogen-bond donors (Lipinski definition) is 1. The van der Waals surface area contributed by atoms with Crippen molar-refractivity contribution in [3.05, 3.63) is 66.3 Å². The zero-order valence-corrected chi connectivity index (χ0v) is 16.0. The Morgan fingerprint density at radius 1 is 1.00 bits per heavy atom. The molecule has 0 spiro atoms. The molecular weight excluding hydrogens is 393 g/mol. The van der Waals surface area contributed by atoms with Gasteiger partial charge in [-0.25, -0.2) is 4.39 Å². The second-order valence-electron chi connectivity index (χ2n) is 6.21. The third-order valence-corrected chi connectivity index (χ3v) is 4.70. The zero-order valence-electron chi connectivity index (χ0n) is 15.2. The predicted octanol–water partition coefficient (Wildman–Crippen LogP) is 4.36. The van der Waals surface area contributed by atoms with Gasteiger partial charge in [0.25, 0.3) is 0 Å². The van der Waals surface area contributed by atoms with Crippen LogP contribution < -0.4 is 5.32 Å². The maximum Gasteiger partial charge on any atom is 0.226 e. The van der Waals surface area contributed by atoms with Crippen molar-refractivity contribution in [2.24, 2.45) is 0 Å². The first-order chi connectivity index (χ1) is 14.2. The van der Waals surface area contributed by atoms with E-state index < -0.39 is 0 Å². The third kappa shape index (κ3) is 4.88. The van der Waals surface area contributed by atoms with Gasteiger partial charge in [0.15, 0.2) is 5.82 Å². The van der Waals surface area contributed by atoms with Crippen LogP contribution in [0.15, 0.2) is 59.1 Å². The lowest BCUT2D eigenvalue weighted by molar-refractivity contribution is -0.116. The number of anilines is 1. The van der Waals surface area contributed by atoms with E-state index in [9.17, 15) is 9.18 Å². The number of aryl methyl sites for hydroxylation is 1. The molecule has 0 radical (unpaired) electrons. The highest BCUT2D eigenvalue weighted by Crippen LogP contribution is 2.21. The smallest absolute Gasteiger partial charge is 0.226 e. The molecule has 1 amide bonds. The van der Waals surface area contributed by atoms with Crippen molar-refractivity contribution in [1.29, 1.82) is 0 Å². The van der Waals surface area contributed by atoms with Crippen LogP contribution in [0.3, 0.4) is 0 Å². The van der Waals surface area contributed by atoms with Crippen molar-refractivity contribution in [1.82, 2.24) is 19.5 Å². The molecule has 0 fully saturated rings. The summed E-state index contributed by atoms with van der Waals surface area (Å²) in [6.07, 6.45) is 1.29. The van der Waals surface area contributed by atoms with Gasteiger partial charge in [-0.05, 0) is 30.7 Å². The SMILES string of the molecule is O=C(CCCc1nc(-c2ccc(F)cc2)no1)Nc1nc(-c2ccccc2)ns1. The average Bonchev–Trinajstić information content (AvgIpc) is 3.39. The molecule has 2 heterocycles. The van der Waals surface area contributed by atoms with Gasteiger partial charge in [0.2, 0.25) is 22.8 Å². The van der Waals surface area contributed by atoms with Crippen molar-refractivity contribution in [2.45, 2.75) is 19.3 Å². The van der Waals surface area contributed by atoms with Gasteiger partial charge in [0, 0.05) is 35.5 Å². The molecule has 29 heavy (non-hydrogen) atoms. The number of amides is 1. The largest absolute Gasteiger partial charge is 0.339 e. The van der Waals surface area contributed by atoms with Gasteiger partial charge in [-0.15, -0.1) is 0 Å². The van der Waals surface area contributed by atoms with E-state index in [4.69, 9.17) is 4.52 Å². The molecular formula is C20H16FN5O2S. The monoisotopic (exact) mass is 409 g/mol. The number of carbonyl (C=O) groups excluding carboxylic acids is 1. The second-order valence-corrected chi connectivity index (χ2v) is 6.96. The summed E-state index contributed by atoms with van der Waals surface area (Å²) in [5.74, 6) is 0.935. The van der Waals surface area contributed by atoms with Crippen LogP contribution in [-0.4, -0.2) is 25.4 Å². The van der Waals surface area contributed by atoms with Gasteiger partial charge in [-0.2, -0.15) is 14.3 Å². The number of halogens is 1. The van der Waals surface area contributed by atoms with E-state index in [1.54, 1.807) is 12.1 Å². The fourth-order valence-electron chi connectivity index (χ4n) is 2.63. The summed E-state index contributed by atoms with van der Waals surface area (Å²) in [4.78, 5) is 20.7. The standard InChI is InChI=1S/C20H16FN5O2S/c21-15-11-9-14(10-12-15)18-23-17(28-25-18)8-4-7-16(27)22-20-24-19(26-29-20)13-5-2-1-3-6-13/h1-3,5-6,9-12H,4,7-8H2,(H,22,24,26,27). The van der Waals surface area contributed by atoms with E-state index in [0.717, 1.165) is 17.1 Å². The minimum absolute atomic E-state index is 0.154.